The molecule has 2 N–H and O–H groups in total. The lowest BCUT2D eigenvalue weighted by Crippen LogP contribution is -2.37. The van der Waals surface area contributed by atoms with E-state index in [9.17, 15) is 9.59 Å². The fourth-order valence-electron chi connectivity index (χ4n) is 2.76. The van der Waals surface area contributed by atoms with Crippen LogP contribution >= 0.6 is 0 Å². The summed E-state index contributed by atoms with van der Waals surface area (Å²) in [6.45, 7) is 2.11. The van der Waals surface area contributed by atoms with Crippen molar-refractivity contribution in [1.29, 1.82) is 0 Å². The Morgan fingerprint density at radius 2 is 2.25 bits per heavy atom. The number of fused-ring (bicyclic) bond motifs is 1. The highest BCUT2D eigenvalue weighted by molar-refractivity contribution is 6.01. The minimum Gasteiger partial charge on any atom is -0.381 e. The Hall–Kier alpha value is -1.88. The second-order valence-corrected chi connectivity index (χ2v) is 5.37. The summed E-state index contributed by atoms with van der Waals surface area (Å²) in [4.78, 5) is 24.0. The van der Waals surface area contributed by atoms with Gasteiger partial charge in [-0.3, -0.25) is 9.59 Å². The maximum atomic E-state index is 12.3. The van der Waals surface area contributed by atoms with E-state index in [1.807, 2.05) is 24.3 Å². The SMILES string of the molecule is O=C1C[C@H](C(=O)NC[C@H]2CCOC2)c2ccccc2N1. The van der Waals surface area contributed by atoms with Crippen molar-refractivity contribution in [2.45, 2.75) is 18.8 Å². The number of hydrogen-bond acceptors (Lipinski definition) is 3. The molecule has 0 saturated carbocycles. The first-order chi connectivity index (χ1) is 9.74. The van der Waals surface area contributed by atoms with Crippen LogP contribution in [0.5, 0.6) is 0 Å². The van der Waals surface area contributed by atoms with Crippen LogP contribution in [0.15, 0.2) is 24.3 Å². The molecule has 0 unspecified atom stereocenters. The lowest BCUT2D eigenvalue weighted by molar-refractivity contribution is -0.126. The van der Waals surface area contributed by atoms with Gasteiger partial charge >= 0.3 is 0 Å². The predicted octanol–water partition coefficient (Wildman–Crippen LogP) is 1.27. The number of ether oxygens (including phenoxy) is 1. The number of nitrogens with one attached hydrogen (secondary N) is 2. The number of para-hydroxylation sites is 1. The maximum absolute atomic E-state index is 12.3. The summed E-state index contributed by atoms with van der Waals surface area (Å²) < 4.78 is 5.29. The second-order valence-electron chi connectivity index (χ2n) is 5.37. The van der Waals surface area contributed by atoms with Crippen LogP contribution in [-0.4, -0.2) is 31.6 Å². The Morgan fingerprint density at radius 3 is 3.05 bits per heavy atom. The number of carbonyl (C=O) groups excluding carboxylic acids is 2. The van der Waals surface area contributed by atoms with Crippen molar-refractivity contribution in [3.8, 4) is 0 Å². The topological polar surface area (TPSA) is 67.4 Å². The molecule has 0 aliphatic carbocycles. The molecule has 5 nitrogen and oxygen atoms in total. The maximum Gasteiger partial charge on any atom is 0.228 e. The van der Waals surface area contributed by atoms with Gasteiger partial charge in [0.1, 0.15) is 0 Å². The molecule has 106 valence electrons. The molecule has 0 aromatic heterocycles. The summed E-state index contributed by atoms with van der Waals surface area (Å²) in [5.41, 5.74) is 1.64. The van der Waals surface area contributed by atoms with Crippen LogP contribution in [-0.2, 0) is 14.3 Å². The molecule has 2 heterocycles. The van der Waals surface area contributed by atoms with Crippen molar-refractivity contribution >= 4 is 17.5 Å². The molecule has 1 saturated heterocycles. The van der Waals surface area contributed by atoms with Gasteiger partial charge in [-0.2, -0.15) is 0 Å². The number of carbonyl (C=O) groups is 2. The molecule has 1 aromatic rings. The van der Waals surface area contributed by atoms with E-state index in [0.29, 0.717) is 19.1 Å². The van der Waals surface area contributed by atoms with Gasteiger partial charge in [-0.25, -0.2) is 0 Å². The summed E-state index contributed by atoms with van der Waals surface area (Å²) >= 11 is 0. The molecule has 0 bridgehead atoms. The Labute approximate surface area is 117 Å². The normalized spacial score (nSPS) is 24.9. The Kier molecular flexibility index (Phi) is 3.69. The minimum atomic E-state index is -0.387. The molecule has 2 aliphatic rings. The largest absolute Gasteiger partial charge is 0.381 e. The standard InChI is InChI=1S/C15H18N2O3/c18-14-7-12(11-3-1-2-4-13(11)17-14)15(19)16-8-10-5-6-20-9-10/h1-4,10,12H,5-9H2,(H,16,19)(H,17,18)/t10-,12+/m1/s1. The van der Waals surface area contributed by atoms with Gasteiger partial charge in [-0.05, 0) is 18.1 Å². The number of hydrogen-bond donors (Lipinski definition) is 2. The van der Waals surface area contributed by atoms with E-state index in [0.717, 1.165) is 24.3 Å². The highest BCUT2D eigenvalue weighted by atomic mass is 16.5. The number of benzene rings is 1. The first-order valence-corrected chi connectivity index (χ1v) is 6.98. The van der Waals surface area contributed by atoms with Gasteiger partial charge in [0, 0.05) is 31.2 Å². The first kappa shape index (κ1) is 13.1. The average Bonchev–Trinajstić information content (AvgIpc) is 2.97. The fraction of sp³-hybridized carbons (Fsp3) is 0.467. The van der Waals surface area contributed by atoms with E-state index in [-0.39, 0.29) is 24.2 Å². The van der Waals surface area contributed by atoms with Gasteiger partial charge in [0.25, 0.3) is 0 Å². The second kappa shape index (κ2) is 5.63. The van der Waals surface area contributed by atoms with Crippen LogP contribution in [0.2, 0.25) is 0 Å². The molecule has 5 heteroatoms. The fourth-order valence-corrected chi connectivity index (χ4v) is 2.76. The molecule has 1 fully saturated rings. The van der Waals surface area contributed by atoms with Gasteiger partial charge in [-0.1, -0.05) is 18.2 Å². The van der Waals surface area contributed by atoms with Crippen molar-refractivity contribution in [1.82, 2.24) is 5.32 Å². The van der Waals surface area contributed by atoms with E-state index in [2.05, 4.69) is 10.6 Å². The highest BCUT2D eigenvalue weighted by Gasteiger charge is 2.30. The van der Waals surface area contributed by atoms with Crippen molar-refractivity contribution in [3.63, 3.8) is 0 Å². The number of amides is 2. The zero-order chi connectivity index (χ0) is 13.9. The molecular formula is C15H18N2O3. The first-order valence-electron chi connectivity index (χ1n) is 6.98. The third-order valence-corrected chi connectivity index (χ3v) is 3.91. The van der Waals surface area contributed by atoms with Crippen molar-refractivity contribution in [3.05, 3.63) is 29.8 Å². The Bertz CT molecular complexity index is 524. The summed E-state index contributed by atoms with van der Waals surface area (Å²) in [6.07, 6.45) is 1.20. The van der Waals surface area contributed by atoms with Crippen LogP contribution < -0.4 is 10.6 Å². The summed E-state index contributed by atoms with van der Waals surface area (Å²) in [5.74, 6) is -0.166. The molecule has 2 aliphatic heterocycles. The Balaban J connectivity index is 1.69. The van der Waals surface area contributed by atoms with Crippen molar-refractivity contribution < 1.29 is 14.3 Å². The van der Waals surface area contributed by atoms with Crippen LogP contribution in [0.25, 0.3) is 0 Å². The third kappa shape index (κ3) is 2.67. The quantitative estimate of drug-likeness (QED) is 0.872. The molecule has 2 atom stereocenters. The Morgan fingerprint density at radius 1 is 1.40 bits per heavy atom. The van der Waals surface area contributed by atoms with E-state index < -0.39 is 0 Å². The van der Waals surface area contributed by atoms with Crippen LogP contribution in [0.4, 0.5) is 5.69 Å². The van der Waals surface area contributed by atoms with E-state index in [1.165, 1.54) is 0 Å². The summed E-state index contributed by atoms with van der Waals surface area (Å²) in [5, 5.41) is 5.76. The van der Waals surface area contributed by atoms with Gasteiger partial charge in [0.05, 0.1) is 12.5 Å². The zero-order valence-electron chi connectivity index (χ0n) is 11.2. The van der Waals surface area contributed by atoms with E-state index >= 15 is 0 Å². The van der Waals surface area contributed by atoms with E-state index in [1.54, 1.807) is 0 Å². The van der Waals surface area contributed by atoms with Crippen molar-refractivity contribution in [2.24, 2.45) is 5.92 Å². The molecule has 0 radical (unpaired) electrons. The molecule has 0 spiro atoms. The predicted molar refractivity (Wildman–Crippen MR) is 74.4 cm³/mol. The summed E-state index contributed by atoms with van der Waals surface area (Å²) in [7, 11) is 0. The van der Waals surface area contributed by atoms with Gasteiger partial charge < -0.3 is 15.4 Å². The summed E-state index contributed by atoms with van der Waals surface area (Å²) in [6, 6.07) is 7.48. The van der Waals surface area contributed by atoms with Crippen LogP contribution in [0.3, 0.4) is 0 Å². The third-order valence-electron chi connectivity index (χ3n) is 3.91. The monoisotopic (exact) mass is 274 g/mol. The van der Waals surface area contributed by atoms with Gasteiger partial charge in [-0.15, -0.1) is 0 Å². The molecule has 20 heavy (non-hydrogen) atoms. The zero-order valence-corrected chi connectivity index (χ0v) is 11.2. The average molecular weight is 274 g/mol. The van der Waals surface area contributed by atoms with Gasteiger partial charge in [0.2, 0.25) is 11.8 Å². The van der Waals surface area contributed by atoms with Gasteiger partial charge in [0.15, 0.2) is 0 Å². The minimum absolute atomic E-state index is 0.0702. The highest BCUT2D eigenvalue weighted by Crippen LogP contribution is 2.32. The van der Waals surface area contributed by atoms with Crippen molar-refractivity contribution in [2.75, 3.05) is 25.1 Å². The number of anilines is 1. The number of rotatable bonds is 3. The molecular weight excluding hydrogens is 256 g/mol. The molecule has 2 amide bonds. The molecule has 3 rings (SSSR count). The van der Waals surface area contributed by atoms with Crippen LogP contribution in [0, 0.1) is 5.92 Å². The van der Waals surface area contributed by atoms with E-state index in [4.69, 9.17) is 4.74 Å². The van der Waals surface area contributed by atoms with Crippen LogP contribution in [0.1, 0.15) is 24.3 Å². The lowest BCUT2D eigenvalue weighted by atomic mass is 9.89. The molecule has 1 aromatic carbocycles. The smallest absolute Gasteiger partial charge is 0.228 e. The lowest BCUT2D eigenvalue weighted by Gasteiger charge is -2.25.